The molecule has 0 aliphatic carbocycles. The van der Waals surface area contributed by atoms with E-state index in [1.807, 2.05) is 6.07 Å². The van der Waals surface area contributed by atoms with E-state index in [1.54, 1.807) is 0 Å². The molecule has 0 aromatic heterocycles. The summed E-state index contributed by atoms with van der Waals surface area (Å²) in [5, 5.41) is 15.0. The summed E-state index contributed by atoms with van der Waals surface area (Å²) in [6.45, 7) is 7.04. The van der Waals surface area contributed by atoms with Gasteiger partial charge in [-0.05, 0) is 12.1 Å². The quantitative estimate of drug-likeness (QED) is 0.556. The molecule has 4 aliphatic rings. The van der Waals surface area contributed by atoms with Gasteiger partial charge in [-0.25, -0.2) is 0 Å². The van der Waals surface area contributed by atoms with Gasteiger partial charge in [0, 0.05) is 72.8 Å². The average molecular weight is 387 g/mol. The lowest BCUT2D eigenvalue weighted by Crippen LogP contribution is -2.71. The molecule has 4 heterocycles. The highest BCUT2D eigenvalue weighted by Crippen LogP contribution is 2.38. The Morgan fingerprint density at radius 1 is 0.966 bits per heavy atom. The molecule has 2 aromatic rings. The van der Waals surface area contributed by atoms with E-state index in [-0.39, 0.29) is 0 Å². The van der Waals surface area contributed by atoms with Crippen molar-refractivity contribution >= 4 is 22.7 Å². The third-order valence-corrected chi connectivity index (χ3v) is 6.46. The van der Waals surface area contributed by atoms with Gasteiger partial charge in [0.15, 0.2) is 0 Å². The first-order chi connectivity index (χ1) is 14.3. The van der Waals surface area contributed by atoms with Crippen LogP contribution in [0.25, 0.3) is 5.57 Å². The fraction of sp³-hybridized carbons (Fsp3) is 0.348. The second-order valence-corrected chi connectivity index (χ2v) is 8.51. The molecule has 1 spiro atoms. The van der Waals surface area contributed by atoms with Crippen LogP contribution in [-0.2, 0) is 4.84 Å². The number of fused-ring (bicyclic) bond motifs is 2. The number of anilines is 2. The summed E-state index contributed by atoms with van der Waals surface area (Å²) < 4.78 is 0. The van der Waals surface area contributed by atoms with Crippen LogP contribution in [0.1, 0.15) is 11.1 Å². The molecular weight excluding hydrogens is 362 g/mol. The lowest BCUT2D eigenvalue weighted by molar-refractivity contribution is -0.0513. The number of para-hydroxylation sites is 2. The minimum absolute atomic E-state index is 0.556. The summed E-state index contributed by atoms with van der Waals surface area (Å²) >= 11 is 0. The molecule has 2 saturated heterocycles. The monoisotopic (exact) mass is 387 g/mol. The maximum absolute atomic E-state index is 5.81. The normalized spacial score (nSPS) is 25.0. The predicted octanol–water partition coefficient (Wildman–Crippen LogP) is 2.57. The summed E-state index contributed by atoms with van der Waals surface area (Å²) in [5.74, 6) is 0. The van der Waals surface area contributed by atoms with Crippen LogP contribution in [0.5, 0.6) is 0 Å². The van der Waals surface area contributed by atoms with Gasteiger partial charge in [0.2, 0.25) is 0 Å². The van der Waals surface area contributed by atoms with Gasteiger partial charge in [0.25, 0.3) is 0 Å². The zero-order valence-electron chi connectivity index (χ0n) is 16.4. The molecule has 6 rings (SSSR count). The van der Waals surface area contributed by atoms with Gasteiger partial charge in [-0.1, -0.05) is 41.6 Å². The van der Waals surface area contributed by atoms with Crippen molar-refractivity contribution < 1.29 is 4.84 Å². The lowest BCUT2D eigenvalue weighted by atomic mass is 9.74. The molecule has 6 heteroatoms. The molecule has 6 nitrogen and oxygen atoms in total. The van der Waals surface area contributed by atoms with Crippen molar-refractivity contribution in [3.05, 3.63) is 65.4 Å². The molecule has 2 aromatic carbocycles. The van der Waals surface area contributed by atoms with Crippen molar-refractivity contribution in [1.82, 2.24) is 10.2 Å². The van der Waals surface area contributed by atoms with Crippen LogP contribution in [0.2, 0.25) is 0 Å². The highest BCUT2D eigenvalue weighted by atomic mass is 16.6. The minimum atomic E-state index is 0.556. The Labute approximate surface area is 170 Å². The third kappa shape index (κ3) is 2.82. The summed E-state index contributed by atoms with van der Waals surface area (Å²) in [6, 6.07) is 16.7. The van der Waals surface area contributed by atoms with E-state index < -0.39 is 0 Å². The molecule has 0 saturated carbocycles. The van der Waals surface area contributed by atoms with E-state index >= 15 is 0 Å². The largest absolute Gasteiger partial charge is 0.394 e. The van der Waals surface area contributed by atoms with Gasteiger partial charge in [-0.2, -0.15) is 0 Å². The van der Waals surface area contributed by atoms with Crippen LogP contribution in [0.4, 0.5) is 11.4 Å². The number of hydrogen-bond donors (Lipinski definition) is 3. The van der Waals surface area contributed by atoms with Crippen molar-refractivity contribution in [3.63, 3.8) is 0 Å². The van der Waals surface area contributed by atoms with Gasteiger partial charge < -0.3 is 20.8 Å². The SMILES string of the molecule is c1ccc2c(c1)NC/C2=C1\Nc2ccccc2\C1=N/OCCN1CC2(CNC2)C1. The second-order valence-electron chi connectivity index (χ2n) is 8.51. The number of nitrogens with zero attached hydrogens (tertiary/aromatic N) is 2. The fourth-order valence-corrected chi connectivity index (χ4v) is 4.89. The zero-order chi connectivity index (χ0) is 19.3. The number of benzene rings is 2. The average Bonchev–Trinajstić information content (AvgIpc) is 3.26. The van der Waals surface area contributed by atoms with E-state index in [0.717, 1.165) is 35.7 Å². The van der Waals surface area contributed by atoms with E-state index in [2.05, 4.69) is 68.5 Å². The summed E-state index contributed by atoms with van der Waals surface area (Å²) in [6.07, 6.45) is 0. The topological polar surface area (TPSA) is 60.9 Å². The standard InChI is InChI=1S/C23H25N5O/c1-3-7-19-16(5-1)18(11-25-19)21-22(17-6-2-4-8-20(17)26-21)27-29-10-9-28-14-23(15-28)12-24-13-23/h1-8,24-26H,9-15H2/b21-18+,27-22+. The summed E-state index contributed by atoms with van der Waals surface area (Å²) in [7, 11) is 0. The van der Waals surface area contributed by atoms with E-state index in [1.165, 1.54) is 43.0 Å². The molecule has 29 heavy (non-hydrogen) atoms. The van der Waals surface area contributed by atoms with Crippen LogP contribution >= 0.6 is 0 Å². The van der Waals surface area contributed by atoms with Crippen LogP contribution < -0.4 is 16.0 Å². The molecule has 4 aliphatic heterocycles. The van der Waals surface area contributed by atoms with E-state index in [0.29, 0.717) is 12.0 Å². The fourth-order valence-electron chi connectivity index (χ4n) is 4.89. The first-order valence-electron chi connectivity index (χ1n) is 10.4. The Bertz CT molecular complexity index is 1020. The van der Waals surface area contributed by atoms with Gasteiger partial charge in [-0.15, -0.1) is 0 Å². The Morgan fingerprint density at radius 2 is 1.72 bits per heavy atom. The van der Waals surface area contributed by atoms with Crippen molar-refractivity contribution in [1.29, 1.82) is 0 Å². The molecule has 3 N–H and O–H groups in total. The Kier molecular flexibility index (Phi) is 3.89. The molecule has 0 amide bonds. The van der Waals surface area contributed by atoms with Gasteiger partial charge in [0.05, 0.1) is 5.70 Å². The number of rotatable bonds is 4. The van der Waals surface area contributed by atoms with Crippen LogP contribution in [0.15, 0.2) is 59.4 Å². The molecule has 0 atom stereocenters. The number of likely N-dealkylation sites (tertiary alicyclic amines) is 1. The van der Waals surface area contributed by atoms with Gasteiger partial charge in [0.1, 0.15) is 12.3 Å². The molecule has 148 valence electrons. The van der Waals surface area contributed by atoms with Gasteiger partial charge in [-0.3, -0.25) is 4.90 Å². The molecule has 2 fully saturated rings. The second kappa shape index (κ2) is 6.61. The number of hydrogen-bond acceptors (Lipinski definition) is 6. The van der Waals surface area contributed by atoms with Crippen molar-refractivity contribution in [2.24, 2.45) is 10.6 Å². The highest BCUT2D eigenvalue weighted by Gasteiger charge is 2.47. The Hall–Kier alpha value is -2.83. The van der Waals surface area contributed by atoms with Crippen LogP contribution in [0, 0.1) is 5.41 Å². The Balaban J connectivity index is 1.22. The maximum atomic E-state index is 5.81. The van der Waals surface area contributed by atoms with Gasteiger partial charge >= 0.3 is 0 Å². The lowest BCUT2D eigenvalue weighted by Gasteiger charge is -2.56. The predicted molar refractivity (Wildman–Crippen MR) is 116 cm³/mol. The number of nitrogens with one attached hydrogen (secondary N) is 3. The molecule has 0 unspecified atom stereocenters. The van der Waals surface area contributed by atoms with Crippen molar-refractivity contribution in [2.45, 2.75) is 0 Å². The maximum Gasteiger partial charge on any atom is 0.135 e. The first kappa shape index (κ1) is 17.1. The summed E-state index contributed by atoms with van der Waals surface area (Å²) in [4.78, 5) is 8.27. The molecular formula is C23H25N5O. The van der Waals surface area contributed by atoms with Crippen molar-refractivity contribution in [3.8, 4) is 0 Å². The zero-order valence-corrected chi connectivity index (χ0v) is 16.4. The number of allylic oxidation sites excluding steroid dienone is 1. The van der Waals surface area contributed by atoms with Crippen LogP contribution in [-0.4, -0.2) is 56.5 Å². The highest BCUT2D eigenvalue weighted by molar-refractivity contribution is 6.25. The molecule has 0 bridgehead atoms. The minimum Gasteiger partial charge on any atom is -0.394 e. The van der Waals surface area contributed by atoms with Crippen molar-refractivity contribution in [2.75, 3.05) is 56.5 Å². The first-order valence-corrected chi connectivity index (χ1v) is 10.4. The number of oxime groups is 1. The van der Waals surface area contributed by atoms with Crippen LogP contribution in [0.3, 0.4) is 0 Å². The third-order valence-electron chi connectivity index (χ3n) is 6.46. The smallest absolute Gasteiger partial charge is 0.135 e. The summed E-state index contributed by atoms with van der Waals surface area (Å²) in [5.41, 5.74) is 8.33. The van der Waals surface area contributed by atoms with E-state index in [9.17, 15) is 0 Å². The molecule has 0 radical (unpaired) electrons. The van der Waals surface area contributed by atoms with E-state index in [4.69, 9.17) is 4.84 Å². The Morgan fingerprint density at radius 3 is 2.52 bits per heavy atom.